The van der Waals surface area contributed by atoms with Crippen LogP contribution >= 0.6 is 15.9 Å². The SMILES string of the molecule is O=C(NCC1CCCC(Br)C1)c1c(F)cc(F)cc1F. The average molecular weight is 350 g/mol. The van der Waals surface area contributed by atoms with Crippen molar-refractivity contribution in [3.05, 3.63) is 35.1 Å². The molecule has 1 aromatic carbocycles. The second-order valence-electron chi connectivity index (χ2n) is 5.08. The van der Waals surface area contributed by atoms with Crippen molar-refractivity contribution in [2.45, 2.75) is 30.5 Å². The van der Waals surface area contributed by atoms with E-state index in [1.165, 1.54) is 0 Å². The highest BCUT2D eigenvalue weighted by molar-refractivity contribution is 9.09. The lowest BCUT2D eigenvalue weighted by Gasteiger charge is -2.25. The number of halogens is 4. The first-order chi connectivity index (χ1) is 9.47. The zero-order chi connectivity index (χ0) is 14.7. The molecule has 1 aliphatic carbocycles. The quantitative estimate of drug-likeness (QED) is 0.826. The number of hydrogen-bond donors (Lipinski definition) is 1. The van der Waals surface area contributed by atoms with Crippen molar-refractivity contribution >= 4 is 21.8 Å². The van der Waals surface area contributed by atoms with Gasteiger partial charge in [0.2, 0.25) is 0 Å². The number of rotatable bonds is 3. The summed E-state index contributed by atoms with van der Waals surface area (Å²) in [5.41, 5.74) is -0.724. The average Bonchev–Trinajstić information content (AvgIpc) is 2.35. The van der Waals surface area contributed by atoms with Crippen LogP contribution in [0.4, 0.5) is 13.2 Å². The standard InChI is InChI=1S/C14H15BrF3NO/c15-9-3-1-2-8(4-9)7-19-14(20)13-11(17)5-10(16)6-12(13)18/h5-6,8-9H,1-4,7H2,(H,19,20). The van der Waals surface area contributed by atoms with Gasteiger partial charge in [0.05, 0.1) is 0 Å². The number of carbonyl (C=O) groups excluding carboxylic acids is 1. The van der Waals surface area contributed by atoms with E-state index in [1.807, 2.05) is 0 Å². The normalized spacial score (nSPS) is 22.6. The van der Waals surface area contributed by atoms with E-state index in [-0.39, 0.29) is 0 Å². The molecule has 2 unspecified atom stereocenters. The summed E-state index contributed by atoms with van der Waals surface area (Å²) in [6.45, 7) is 0.372. The fourth-order valence-corrected chi connectivity index (χ4v) is 3.35. The molecular formula is C14H15BrF3NO. The molecule has 0 aromatic heterocycles. The van der Waals surface area contributed by atoms with Crippen LogP contribution in [0.1, 0.15) is 36.0 Å². The van der Waals surface area contributed by atoms with Gasteiger partial charge in [0.15, 0.2) is 0 Å². The number of hydrogen-bond acceptors (Lipinski definition) is 1. The predicted molar refractivity (Wildman–Crippen MR) is 73.3 cm³/mol. The molecule has 0 radical (unpaired) electrons. The van der Waals surface area contributed by atoms with Crippen molar-refractivity contribution in [1.29, 1.82) is 0 Å². The summed E-state index contributed by atoms with van der Waals surface area (Å²) in [6.07, 6.45) is 4.08. The van der Waals surface area contributed by atoms with Gasteiger partial charge in [-0.3, -0.25) is 4.79 Å². The van der Waals surface area contributed by atoms with Crippen molar-refractivity contribution in [3.63, 3.8) is 0 Å². The lowest BCUT2D eigenvalue weighted by Crippen LogP contribution is -2.33. The van der Waals surface area contributed by atoms with E-state index in [2.05, 4.69) is 21.2 Å². The Bertz CT molecular complexity index is 486. The molecule has 1 aromatic rings. The molecule has 110 valence electrons. The zero-order valence-electron chi connectivity index (χ0n) is 10.8. The summed E-state index contributed by atoms with van der Waals surface area (Å²) in [7, 11) is 0. The Morgan fingerprint density at radius 3 is 2.50 bits per heavy atom. The molecule has 1 saturated carbocycles. The Balaban J connectivity index is 1.98. The van der Waals surface area contributed by atoms with Crippen molar-refractivity contribution in [3.8, 4) is 0 Å². The number of benzene rings is 1. The van der Waals surface area contributed by atoms with Gasteiger partial charge in [-0.05, 0) is 25.2 Å². The van der Waals surface area contributed by atoms with Gasteiger partial charge in [-0.1, -0.05) is 22.4 Å². The minimum Gasteiger partial charge on any atom is -0.352 e. The van der Waals surface area contributed by atoms with Gasteiger partial charge in [-0.15, -0.1) is 0 Å². The van der Waals surface area contributed by atoms with Crippen molar-refractivity contribution in [2.75, 3.05) is 6.54 Å². The zero-order valence-corrected chi connectivity index (χ0v) is 12.4. The summed E-state index contributed by atoms with van der Waals surface area (Å²) >= 11 is 3.54. The van der Waals surface area contributed by atoms with Gasteiger partial charge in [0, 0.05) is 23.5 Å². The Morgan fingerprint density at radius 2 is 1.90 bits per heavy atom. The highest BCUT2D eigenvalue weighted by Crippen LogP contribution is 2.28. The molecule has 2 rings (SSSR count). The van der Waals surface area contributed by atoms with E-state index in [1.54, 1.807) is 0 Å². The van der Waals surface area contributed by atoms with E-state index >= 15 is 0 Å². The summed E-state index contributed by atoms with van der Waals surface area (Å²) < 4.78 is 39.7. The minimum absolute atomic E-state index is 0.295. The predicted octanol–water partition coefficient (Wildman–Crippen LogP) is 3.79. The van der Waals surface area contributed by atoms with Crippen LogP contribution in [0.3, 0.4) is 0 Å². The Labute approximate surface area is 123 Å². The molecule has 0 bridgehead atoms. The number of alkyl halides is 1. The fraction of sp³-hybridized carbons (Fsp3) is 0.500. The second-order valence-corrected chi connectivity index (χ2v) is 6.38. The molecule has 6 heteroatoms. The molecule has 1 N–H and O–H groups in total. The molecule has 2 nitrogen and oxygen atoms in total. The molecule has 1 amide bonds. The first-order valence-corrected chi connectivity index (χ1v) is 7.45. The molecular weight excluding hydrogens is 335 g/mol. The third kappa shape index (κ3) is 3.75. The fourth-order valence-electron chi connectivity index (χ4n) is 2.50. The second kappa shape index (κ2) is 6.61. The van der Waals surface area contributed by atoms with Crippen molar-refractivity contribution in [2.24, 2.45) is 5.92 Å². The molecule has 0 heterocycles. The summed E-state index contributed by atoms with van der Waals surface area (Å²) in [4.78, 5) is 12.2. The third-order valence-corrected chi connectivity index (χ3v) is 4.34. The summed E-state index contributed by atoms with van der Waals surface area (Å²) in [6, 6.07) is 1.01. The molecule has 2 atom stereocenters. The first-order valence-electron chi connectivity index (χ1n) is 6.54. The van der Waals surface area contributed by atoms with Crippen molar-refractivity contribution < 1.29 is 18.0 Å². The largest absolute Gasteiger partial charge is 0.352 e. The van der Waals surface area contributed by atoms with Crippen LogP contribution in [-0.2, 0) is 0 Å². The van der Waals surface area contributed by atoms with E-state index in [9.17, 15) is 18.0 Å². The Morgan fingerprint density at radius 1 is 1.25 bits per heavy atom. The van der Waals surface area contributed by atoms with E-state index in [0.717, 1.165) is 25.7 Å². The maximum Gasteiger partial charge on any atom is 0.257 e. The Hall–Kier alpha value is -1.04. The molecule has 20 heavy (non-hydrogen) atoms. The maximum absolute atomic E-state index is 13.4. The van der Waals surface area contributed by atoms with Gasteiger partial charge in [0.1, 0.15) is 23.0 Å². The van der Waals surface area contributed by atoms with Gasteiger partial charge < -0.3 is 5.32 Å². The number of amides is 1. The van der Waals surface area contributed by atoms with Gasteiger partial charge >= 0.3 is 0 Å². The van der Waals surface area contributed by atoms with Crippen LogP contribution in [0.25, 0.3) is 0 Å². The smallest absolute Gasteiger partial charge is 0.257 e. The summed E-state index contributed by atoms with van der Waals surface area (Å²) in [5, 5.41) is 2.53. The lowest BCUT2D eigenvalue weighted by molar-refractivity contribution is 0.0935. The third-order valence-electron chi connectivity index (χ3n) is 3.50. The number of nitrogens with one attached hydrogen (secondary N) is 1. The van der Waals surface area contributed by atoms with E-state index in [4.69, 9.17) is 0 Å². The molecule has 0 aliphatic heterocycles. The van der Waals surface area contributed by atoms with E-state index < -0.39 is 28.9 Å². The van der Waals surface area contributed by atoms with Crippen LogP contribution in [0.15, 0.2) is 12.1 Å². The highest BCUT2D eigenvalue weighted by Gasteiger charge is 2.23. The topological polar surface area (TPSA) is 29.1 Å². The van der Waals surface area contributed by atoms with Crippen LogP contribution in [0, 0.1) is 23.4 Å². The van der Waals surface area contributed by atoms with Gasteiger partial charge in [-0.2, -0.15) is 0 Å². The van der Waals surface area contributed by atoms with Crippen LogP contribution in [0.5, 0.6) is 0 Å². The van der Waals surface area contributed by atoms with Crippen LogP contribution in [-0.4, -0.2) is 17.3 Å². The highest BCUT2D eigenvalue weighted by atomic mass is 79.9. The molecule has 0 saturated heterocycles. The van der Waals surface area contributed by atoms with E-state index in [0.29, 0.717) is 29.4 Å². The molecule has 1 fully saturated rings. The van der Waals surface area contributed by atoms with Crippen molar-refractivity contribution in [1.82, 2.24) is 5.32 Å². The lowest BCUT2D eigenvalue weighted by atomic mass is 9.89. The maximum atomic E-state index is 13.4. The van der Waals surface area contributed by atoms with Crippen LogP contribution < -0.4 is 5.32 Å². The molecule has 1 aliphatic rings. The first kappa shape index (κ1) is 15.4. The summed E-state index contributed by atoms with van der Waals surface area (Å²) in [5.74, 6) is -3.93. The van der Waals surface area contributed by atoms with Gasteiger partial charge in [0.25, 0.3) is 5.91 Å². The minimum atomic E-state index is -1.18. The van der Waals surface area contributed by atoms with Crippen LogP contribution in [0.2, 0.25) is 0 Å². The Kier molecular flexibility index (Phi) is 5.07. The monoisotopic (exact) mass is 349 g/mol. The number of carbonyl (C=O) groups is 1. The van der Waals surface area contributed by atoms with Gasteiger partial charge in [-0.25, -0.2) is 13.2 Å². The molecule has 0 spiro atoms.